The molecule has 4 aliphatic rings. The van der Waals surface area contributed by atoms with Crippen molar-refractivity contribution in [2.24, 2.45) is 22.7 Å². The van der Waals surface area contributed by atoms with E-state index in [0.29, 0.717) is 12.6 Å². The van der Waals surface area contributed by atoms with E-state index in [2.05, 4.69) is 10.3 Å². The van der Waals surface area contributed by atoms with Crippen molar-refractivity contribution >= 4 is 28.7 Å². The van der Waals surface area contributed by atoms with Crippen molar-refractivity contribution in [2.45, 2.75) is 50.3 Å². The number of rotatable bonds is 2. The third-order valence-corrected chi connectivity index (χ3v) is 7.11. The van der Waals surface area contributed by atoms with E-state index in [-0.39, 0.29) is 23.0 Å². The first-order chi connectivity index (χ1) is 10.6. The van der Waals surface area contributed by atoms with Crippen molar-refractivity contribution in [3.05, 3.63) is 0 Å². The van der Waals surface area contributed by atoms with Gasteiger partial charge in [0.25, 0.3) is 5.91 Å². The Kier molecular flexibility index (Phi) is 3.67. The van der Waals surface area contributed by atoms with E-state index < -0.39 is 0 Å². The van der Waals surface area contributed by atoms with Gasteiger partial charge in [0.1, 0.15) is 0 Å². The molecule has 2 heterocycles. The van der Waals surface area contributed by atoms with Crippen LogP contribution in [0.15, 0.2) is 4.99 Å². The second kappa shape index (κ2) is 5.55. The third kappa shape index (κ3) is 2.55. The standard InChI is InChI=1S/C16H23N3O2S/c1-9(20)19-5-4-12(8-19)14-15(21)18-16(22-14)17-13-7-10-2-3-11(13)6-10/h10-14H,2-8H2,1H3,(H,17,18,21)/t10-,11?,12?,13+,14?/m1/s1. The summed E-state index contributed by atoms with van der Waals surface area (Å²) in [7, 11) is 0. The van der Waals surface area contributed by atoms with Crippen LogP contribution in [-0.4, -0.2) is 46.3 Å². The molecule has 3 fully saturated rings. The maximum absolute atomic E-state index is 12.2. The highest BCUT2D eigenvalue weighted by atomic mass is 32.2. The second-order valence-corrected chi connectivity index (χ2v) is 8.36. The lowest BCUT2D eigenvalue weighted by Gasteiger charge is -2.23. The average molecular weight is 321 g/mol. The number of carbonyl (C=O) groups excluding carboxylic acids is 2. The molecule has 3 unspecified atom stereocenters. The molecule has 2 aliphatic heterocycles. The molecule has 2 aliphatic carbocycles. The summed E-state index contributed by atoms with van der Waals surface area (Å²) in [5.41, 5.74) is 0. The molecule has 1 saturated heterocycles. The van der Waals surface area contributed by atoms with Crippen molar-refractivity contribution in [1.82, 2.24) is 10.2 Å². The molecule has 22 heavy (non-hydrogen) atoms. The number of amidine groups is 1. The fourth-order valence-corrected chi connectivity index (χ4v) is 5.80. The molecule has 5 nitrogen and oxygen atoms in total. The van der Waals surface area contributed by atoms with Crippen molar-refractivity contribution in [2.75, 3.05) is 13.1 Å². The minimum Gasteiger partial charge on any atom is -0.361 e. The maximum Gasteiger partial charge on any atom is 0.262 e. The summed E-state index contributed by atoms with van der Waals surface area (Å²) >= 11 is 1.60. The molecular formula is C16H23N3O2S. The first-order valence-corrected chi connectivity index (χ1v) is 9.29. The van der Waals surface area contributed by atoms with Crippen LogP contribution in [-0.2, 0) is 9.59 Å². The van der Waals surface area contributed by atoms with Gasteiger partial charge in [-0.25, -0.2) is 0 Å². The topological polar surface area (TPSA) is 61.8 Å². The third-order valence-electron chi connectivity index (χ3n) is 5.84. The number of hydrogen-bond acceptors (Lipinski definition) is 4. The Labute approximate surface area is 135 Å². The van der Waals surface area contributed by atoms with Crippen LogP contribution in [0.4, 0.5) is 0 Å². The first-order valence-electron chi connectivity index (χ1n) is 8.41. The summed E-state index contributed by atoms with van der Waals surface area (Å²) in [6, 6.07) is 0.522. The van der Waals surface area contributed by atoms with Crippen LogP contribution in [0.1, 0.15) is 39.0 Å². The van der Waals surface area contributed by atoms with Crippen molar-refractivity contribution < 1.29 is 9.59 Å². The average Bonchev–Trinajstić information content (AvgIpc) is 3.21. The van der Waals surface area contributed by atoms with Gasteiger partial charge in [0.2, 0.25) is 5.91 Å². The number of carbonyl (C=O) groups is 2. The Bertz CT molecular complexity index is 535. The highest BCUT2D eigenvalue weighted by Gasteiger charge is 2.43. The van der Waals surface area contributed by atoms with Crippen molar-refractivity contribution in [1.29, 1.82) is 0 Å². The predicted molar refractivity (Wildman–Crippen MR) is 86.6 cm³/mol. The Balaban J connectivity index is 1.34. The highest BCUT2D eigenvalue weighted by molar-refractivity contribution is 8.15. The predicted octanol–water partition coefficient (Wildman–Crippen LogP) is 1.63. The van der Waals surface area contributed by atoms with E-state index >= 15 is 0 Å². The molecule has 0 aromatic rings. The second-order valence-electron chi connectivity index (χ2n) is 7.23. The molecule has 2 saturated carbocycles. The zero-order chi connectivity index (χ0) is 15.3. The molecule has 1 N–H and O–H groups in total. The minimum atomic E-state index is -0.0922. The molecule has 2 bridgehead atoms. The van der Waals surface area contributed by atoms with Crippen LogP contribution in [0.25, 0.3) is 0 Å². The Hall–Kier alpha value is -1.04. The number of thioether (sulfide) groups is 1. The molecule has 0 aromatic carbocycles. The number of nitrogens with one attached hydrogen (secondary N) is 1. The van der Waals surface area contributed by atoms with Gasteiger partial charge in [0, 0.05) is 26.1 Å². The van der Waals surface area contributed by atoms with Crippen LogP contribution >= 0.6 is 11.8 Å². The summed E-state index contributed by atoms with van der Waals surface area (Å²) in [4.78, 5) is 29.8. The van der Waals surface area contributed by atoms with Crippen LogP contribution in [0.3, 0.4) is 0 Å². The van der Waals surface area contributed by atoms with E-state index in [0.717, 1.165) is 30.0 Å². The minimum absolute atomic E-state index is 0.00828. The van der Waals surface area contributed by atoms with Crippen molar-refractivity contribution in [3.8, 4) is 0 Å². The van der Waals surface area contributed by atoms with E-state index in [1.165, 1.54) is 25.7 Å². The normalized spacial score (nSPS) is 40.4. The number of amides is 2. The molecule has 120 valence electrons. The van der Waals surface area contributed by atoms with Crippen LogP contribution < -0.4 is 5.32 Å². The molecule has 2 amide bonds. The van der Waals surface area contributed by atoms with Crippen LogP contribution in [0.5, 0.6) is 0 Å². The number of nitrogens with zero attached hydrogens (tertiary/aromatic N) is 2. The lowest BCUT2D eigenvalue weighted by Crippen LogP contribution is -2.37. The Morgan fingerprint density at radius 3 is 2.77 bits per heavy atom. The molecule has 0 aromatic heterocycles. The summed E-state index contributed by atoms with van der Waals surface area (Å²) in [6.07, 6.45) is 6.22. The summed E-state index contributed by atoms with van der Waals surface area (Å²) in [5.74, 6) is 2.02. The fourth-order valence-electron chi connectivity index (χ4n) is 4.63. The van der Waals surface area contributed by atoms with Gasteiger partial charge in [-0.15, -0.1) is 0 Å². The number of likely N-dealkylation sites (tertiary alicyclic amines) is 1. The smallest absolute Gasteiger partial charge is 0.262 e. The summed E-state index contributed by atoms with van der Waals surface area (Å²) in [5, 5.41) is 4.27. The SMILES string of the molecule is CC(=O)N1CCC(C2SC(N[C@H]3C[C@@H]4CCC3C4)=NC2=O)C1. The Morgan fingerprint density at radius 1 is 1.27 bits per heavy atom. The number of fused-ring (bicyclic) bond motifs is 2. The Morgan fingerprint density at radius 2 is 2.14 bits per heavy atom. The van der Waals surface area contributed by atoms with E-state index in [4.69, 9.17) is 0 Å². The van der Waals surface area contributed by atoms with E-state index in [1.807, 2.05) is 4.90 Å². The highest BCUT2D eigenvalue weighted by Crippen LogP contribution is 2.45. The maximum atomic E-state index is 12.2. The van der Waals surface area contributed by atoms with E-state index in [9.17, 15) is 9.59 Å². The van der Waals surface area contributed by atoms with Gasteiger partial charge in [-0.05, 0) is 43.4 Å². The van der Waals surface area contributed by atoms with Crippen LogP contribution in [0, 0.1) is 17.8 Å². The van der Waals surface area contributed by atoms with Gasteiger partial charge in [-0.3, -0.25) is 9.59 Å². The molecule has 0 spiro atoms. The van der Waals surface area contributed by atoms with Crippen LogP contribution in [0.2, 0.25) is 0 Å². The first kappa shape index (κ1) is 14.5. The molecule has 6 heteroatoms. The molecule has 5 atom stereocenters. The molecule has 0 radical (unpaired) electrons. The fraction of sp³-hybridized carbons (Fsp3) is 0.812. The zero-order valence-electron chi connectivity index (χ0n) is 13.0. The molecular weight excluding hydrogens is 298 g/mol. The van der Waals surface area contributed by atoms with E-state index in [1.54, 1.807) is 18.7 Å². The molecule has 4 rings (SSSR count). The lowest BCUT2D eigenvalue weighted by molar-refractivity contribution is -0.128. The number of aliphatic imine (C=N–C) groups is 1. The van der Waals surface area contributed by atoms with Gasteiger partial charge in [0.05, 0.1) is 5.25 Å². The quantitative estimate of drug-likeness (QED) is 0.840. The monoisotopic (exact) mass is 321 g/mol. The van der Waals surface area contributed by atoms with Gasteiger partial charge in [-0.2, -0.15) is 4.99 Å². The van der Waals surface area contributed by atoms with Gasteiger partial charge in [-0.1, -0.05) is 18.2 Å². The summed E-state index contributed by atoms with van der Waals surface area (Å²) in [6.45, 7) is 3.08. The summed E-state index contributed by atoms with van der Waals surface area (Å²) < 4.78 is 0. The lowest BCUT2D eigenvalue weighted by atomic mass is 9.96. The van der Waals surface area contributed by atoms with Gasteiger partial charge < -0.3 is 10.2 Å². The largest absolute Gasteiger partial charge is 0.361 e. The number of hydrogen-bond donors (Lipinski definition) is 1. The van der Waals surface area contributed by atoms with Crippen molar-refractivity contribution in [3.63, 3.8) is 0 Å². The van der Waals surface area contributed by atoms with Gasteiger partial charge in [0.15, 0.2) is 5.17 Å². The van der Waals surface area contributed by atoms with Gasteiger partial charge >= 0.3 is 0 Å². The zero-order valence-corrected chi connectivity index (χ0v) is 13.8.